The highest BCUT2D eigenvalue weighted by molar-refractivity contribution is 9.10. The fourth-order valence-electron chi connectivity index (χ4n) is 3.54. The number of nitrogens with zero attached hydrogens (tertiary/aromatic N) is 6. The van der Waals surface area contributed by atoms with E-state index in [2.05, 4.69) is 75.7 Å². The largest absolute Gasteiger partial charge is 0.363 e. The molecule has 0 spiro atoms. The molecule has 1 aliphatic rings. The molecule has 9 heteroatoms. The third-order valence-corrected chi connectivity index (χ3v) is 7.29. The summed E-state index contributed by atoms with van der Waals surface area (Å²) in [5.74, 6) is 0.757. The molecule has 7 nitrogen and oxygen atoms in total. The van der Waals surface area contributed by atoms with Crippen molar-refractivity contribution < 1.29 is 0 Å². The van der Waals surface area contributed by atoms with Gasteiger partial charge in [-0.15, -0.1) is 11.3 Å². The molecule has 35 heavy (non-hydrogen) atoms. The number of aliphatic imine (C=N–C) groups is 1. The van der Waals surface area contributed by atoms with Crippen LogP contribution in [0.1, 0.15) is 64.1 Å². The molecular formula is C26H32BrN7S. The van der Waals surface area contributed by atoms with Gasteiger partial charge in [-0.1, -0.05) is 26.8 Å². The molecule has 0 aromatic carbocycles. The van der Waals surface area contributed by atoms with Crippen molar-refractivity contribution >= 4 is 43.7 Å². The Labute approximate surface area is 220 Å². The Morgan fingerprint density at radius 3 is 2.74 bits per heavy atom. The molecule has 0 fully saturated rings. The molecule has 2 aromatic heterocycles. The number of nitrogens with one attached hydrogen (secondary N) is 1. The third-order valence-electron chi connectivity index (χ3n) is 5.32. The lowest BCUT2D eigenvalue weighted by atomic mass is 10.0. The first-order chi connectivity index (χ1) is 16.9. The molecule has 3 rings (SSSR count). The predicted molar refractivity (Wildman–Crippen MR) is 149 cm³/mol. The molecule has 1 aliphatic heterocycles. The monoisotopic (exact) mass is 553 g/mol. The summed E-state index contributed by atoms with van der Waals surface area (Å²) in [6, 6.07) is 4.51. The molecule has 0 saturated carbocycles. The smallest absolute Gasteiger partial charge is 0.137 e. The van der Waals surface area contributed by atoms with E-state index in [9.17, 15) is 10.5 Å². The van der Waals surface area contributed by atoms with Gasteiger partial charge in [0.2, 0.25) is 0 Å². The average Bonchev–Trinajstić information content (AvgIpc) is 3.59. The van der Waals surface area contributed by atoms with Crippen LogP contribution >= 0.6 is 27.3 Å². The number of thiophene rings is 1. The highest BCUT2D eigenvalue weighted by Gasteiger charge is 2.20. The molecule has 0 amide bonds. The lowest BCUT2D eigenvalue weighted by molar-refractivity contribution is 0.432. The summed E-state index contributed by atoms with van der Waals surface area (Å²) >= 11 is 5.00. The van der Waals surface area contributed by atoms with Gasteiger partial charge in [-0.3, -0.25) is 4.68 Å². The number of hydrogen-bond donors (Lipinski definition) is 1. The molecule has 3 heterocycles. The van der Waals surface area contributed by atoms with Crippen LogP contribution in [0.15, 0.2) is 57.9 Å². The number of aromatic nitrogens is 2. The van der Waals surface area contributed by atoms with Crippen molar-refractivity contribution in [2.75, 3.05) is 18.0 Å². The molecule has 1 N–H and O–H groups in total. The Morgan fingerprint density at radius 1 is 1.37 bits per heavy atom. The molecule has 1 atom stereocenters. The van der Waals surface area contributed by atoms with Crippen LogP contribution in [0.5, 0.6) is 0 Å². The van der Waals surface area contributed by atoms with E-state index >= 15 is 0 Å². The van der Waals surface area contributed by atoms with E-state index in [1.54, 1.807) is 23.7 Å². The zero-order valence-corrected chi connectivity index (χ0v) is 23.2. The molecule has 184 valence electrons. The molecule has 0 aliphatic carbocycles. The van der Waals surface area contributed by atoms with E-state index in [0.29, 0.717) is 12.0 Å². The maximum absolute atomic E-state index is 9.48. The fourth-order valence-corrected chi connectivity index (χ4v) is 5.20. The summed E-state index contributed by atoms with van der Waals surface area (Å²) in [7, 11) is 0. The van der Waals surface area contributed by atoms with Gasteiger partial charge in [-0.2, -0.15) is 15.6 Å². The second-order valence-corrected chi connectivity index (χ2v) is 9.57. The van der Waals surface area contributed by atoms with Gasteiger partial charge < -0.3 is 10.2 Å². The van der Waals surface area contributed by atoms with E-state index in [0.717, 1.165) is 51.5 Å². The van der Waals surface area contributed by atoms with E-state index < -0.39 is 0 Å². The van der Waals surface area contributed by atoms with Crippen molar-refractivity contribution in [1.82, 2.24) is 15.1 Å². The first kappa shape index (κ1) is 28.1. The van der Waals surface area contributed by atoms with Crippen LogP contribution in [0.25, 0.3) is 5.57 Å². The van der Waals surface area contributed by atoms with Crippen LogP contribution in [0, 0.1) is 22.7 Å². The normalized spacial score (nSPS) is 14.2. The summed E-state index contributed by atoms with van der Waals surface area (Å²) in [5, 5.41) is 29.4. The summed E-state index contributed by atoms with van der Waals surface area (Å²) in [6.07, 6.45) is 11.5. The quantitative estimate of drug-likeness (QED) is 0.368. The van der Waals surface area contributed by atoms with Crippen LogP contribution in [-0.2, 0) is 0 Å². The van der Waals surface area contributed by atoms with Crippen molar-refractivity contribution in [3.8, 4) is 12.1 Å². The molecule has 0 radical (unpaired) electrons. The van der Waals surface area contributed by atoms with Gasteiger partial charge in [-0.25, -0.2) is 4.99 Å². The number of allylic oxidation sites excluding steroid dienone is 1. The number of amidine groups is 1. The number of halogens is 1. The zero-order valence-electron chi connectivity index (χ0n) is 20.8. The highest BCUT2D eigenvalue weighted by atomic mass is 79.9. The SMILES string of the molecule is C=CNC1=NC=C/C1=C(/C)c1cnn(C(CC#N)CCN(CC)c2scc(Br)c2C#N)c1.CCC. The minimum absolute atomic E-state index is 0.0619. The van der Waals surface area contributed by atoms with Gasteiger partial charge in [0.05, 0.1) is 24.7 Å². The first-order valence-electron chi connectivity index (χ1n) is 11.6. The summed E-state index contributed by atoms with van der Waals surface area (Å²) in [4.78, 5) is 6.51. The molecular weight excluding hydrogens is 522 g/mol. The molecule has 0 saturated heterocycles. The number of rotatable bonds is 9. The van der Waals surface area contributed by atoms with Crippen molar-refractivity contribution in [2.24, 2.45) is 4.99 Å². The fraction of sp³-hybridized carbons (Fsp3) is 0.385. The van der Waals surface area contributed by atoms with Crippen LogP contribution in [0.4, 0.5) is 5.00 Å². The van der Waals surface area contributed by atoms with Crippen molar-refractivity contribution in [1.29, 1.82) is 10.5 Å². The Hall–Kier alpha value is -3.14. The minimum atomic E-state index is -0.0619. The van der Waals surface area contributed by atoms with Gasteiger partial charge in [0.1, 0.15) is 22.5 Å². The maximum Gasteiger partial charge on any atom is 0.137 e. The number of hydrogen-bond acceptors (Lipinski definition) is 7. The van der Waals surface area contributed by atoms with E-state index in [4.69, 9.17) is 0 Å². The topological polar surface area (TPSA) is 93.0 Å². The lowest BCUT2D eigenvalue weighted by Gasteiger charge is -2.24. The maximum atomic E-state index is 9.48. The van der Waals surface area contributed by atoms with Crippen molar-refractivity contribution in [3.63, 3.8) is 0 Å². The second-order valence-electron chi connectivity index (χ2n) is 7.86. The zero-order chi connectivity index (χ0) is 25.8. The molecule has 2 aromatic rings. The summed E-state index contributed by atoms with van der Waals surface area (Å²) in [6.45, 7) is 13.6. The number of nitriles is 2. The second kappa shape index (κ2) is 14.3. The Balaban J connectivity index is 0.00000137. The molecule has 1 unspecified atom stereocenters. The first-order valence-corrected chi connectivity index (χ1v) is 13.3. The minimum Gasteiger partial charge on any atom is -0.363 e. The lowest BCUT2D eigenvalue weighted by Crippen LogP contribution is -2.26. The molecule has 0 bridgehead atoms. The van der Waals surface area contributed by atoms with Gasteiger partial charge in [0.15, 0.2) is 0 Å². The Morgan fingerprint density at radius 2 is 2.11 bits per heavy atom. The highest BCUT2D eigenvalue weighted by Crippen LogP contribution is 2.35. The van der Waals surface area contributed by atoms with E-state index in [1.807, 2.05) is 35.5 Å². The van der Waals surface area contributed by atoms with Crippen LogP contribution in [0.3, 0.4) is 0 Å². The van der Waals surface area contributed by atoms with Crippen molar-refractivity contribution in [3.05, 3.63) is 64.0 Å². The van der Waals surface area contributed by atoms with E-state index in [1.165, 1.54) is 6.42 Å². The standard InChI is InChI=1S/C23H24BrN7S.C3H8/c1-4-27-22-19(7-10-28-22)16(3)17-13-29-31(14-17)18(6-9-25)8-11-30(5-2)23-20(12-26)21(24)15-32-23;1-3-2/h4,7,10,13-15,18H,1,5-6,8,11H2,2-3H3,(H,27,28);3H2,1-2H3/b19-16+;. The Bertz CT molecular complexity index is 1170. The van der Waals surface area contributed by atoms with Crippen LogP contribution < -0.4 is 10.2 Å². The summed E-state index contributed by atoms with van der Waals surface area (Å²) < 4.78 is 2.70. The van der Waals surface area contributed by atoms with Gasteiger partial charge in [0.25, 0.3) is 0 Å². The average molecular weight is 555 g/mol. The van der Waals surface area contributed by atoms with E-state index in [-0.39, 0.29) is 6.04 Å². The predicted octanol–water partition coefficient (Wildman–Crippen LogP) is 6.80. The van der Waals surface area contributed by atoms with Crippen LogP contribution in [0.2, 0.25) is 0 Å². The Kier molecular flexibility index (Phi) is 11.5. The van der Waals surface area contributed by atoms with Gasteiger partial charge in [0, 0.05) is 46.5 Å². The van der Waals surface area contributed by atoms with Gasteiger partial charge >= 0.3 is 0 Å². The van der Waals surface area contributed by atoms with Gasteiger partial charge in [-0.05, 0) is 54.0 Å². The van der Waals surface area contributed by atoms with Crippen LogP contribution in [-0.4, -0.2) is 28.7 Å². The van der Waals surface area contributed by atoms with Crippen molar-refractivity contribution in [2.45, 2.75) is 53.0 Å². The summed E-state index contributed by atoms with van der Waals surface area (Å²) in [5.41, 5.74) is 3.68. The third kappa shape index (κ3) is 7.17. The number of anilines is 1.